The Hall–Kier alpha value is -2.99. The van der Waals surface area contributed by atoms with Crippen LogP contribution in [0.3, 0.4) is 0 Å². The molecule has 0 atom stereocenters. The van der Waals surface area contributed by atoms with E-state index in [2.05, 4.69) is 6.92 Å². The van der Waals surface area contributed by atoms with Crippen molar-refractivity contribution in [3.05, 3.63) is 70.8 Å². The van der Waals surface area contributed by atoms with E-state index in [1.54, 1.807) is 53.4 Å². The van der Waals surface area contributed by atoms with Gasteiger partial charge in [-0.3, -0.25) is 19.3 Å². The van der Waals surface area contributed by atoms with Gasteiger partial charge in [-0.2, -0.15) is 0 Å². The molecule has 2 aromatic carbocycles. The standard InChI is InChI=1S/C22H24N2O4/c1-2-3-12-23(13-14-25)20(26)17-10-8-16(9-11-17)15-24-21(27)18-6-4-5-7-19(18)22(24)28/h4-11,25H,2-3,12-15H2,1H3. The lowest BCUT2D eigenvalue weighted by atomic mass is 10.1. The van der Waals surface area contributed by atoms with Crippen molar-refractivity contribution >= 4 is 17.7 Å². The van der Waals surface area contributed by atoms with Crippen LogP contribution in [0.15, 0.2) is 48.5 Å². The summed E-state index contributed by atoms with van der Waals surface area (Å²) in [7, 11) is 0. The number of nitrogens with zero attached hydrogens (tertiary/aromatic N) is 2. The lowest BCUT2D eigenvalue weighted by molar-refractivity contribution is 0.0640. The molecule has 0 bridgehead atoms. The number of aliphatic hydroxyl groups is 1. The van der Waals surface area contributed by atoms with Crippen molar-refractivity contribution in [2.24, 2.45) is 0 Å². The van der Waals surface area contributed by atoms with Gasteiger partial charge in [0.05, 0.1) is 24.3 Å². The number of unbranched alkanes of at least 4 members (excludes halogenated alkanes) is 1. The first-order valence-electron chi connectivity index (χ1n) is 9.51. The molecule has 1 aliphatic rings. The molecule has 0 aliphatic carbocycles. The Morgan fingerprint density at radius 1 is 0.964 bits per heavy atom. The molecular weight excluding hydrogens is 356 g/mol. The predicted octanol–water partition coefficient (Wildman–Crippen LogP) is 2.72. The van der Waals surface area contributed by atoms with Crippen molar-refractivity contribution in [2.75, 3.05) is 19.7 Å². The van der Waals surface area contributed by atoms with E-state index in [9.17, 15) is 19.5 Å². The second-order valence-electron chi connectivity index (χ2n) is 6.81. The van der Waals surface area contributed by atoms with E-state index in [0.717, 1.165) is 18.4 Å². The summed E-state index contributed by atoms with van der Waals surface area (Å²) in [6.07, 6.45) is 1.85. The van der Waals surface area contributed by atoms with Crippen LogP contribution in [0.5, 0.6) is 0 Å². The molecule has 0 unspecified atom stereocenters. The molecule has 6 heteroatoms. The molecule has 1 aliphatic heterocycles. The molecule has 0 radical (unpaired) electrons. The van der Waals surface area contributed by atoms with Gasteiger partial charge >= 0.3 is 0 Å². The molecule has 3 amide bonds. The van der Waals surface area contributed by atoms with Crippen LogP contribution >= 0.6 is 0 Å². The highest BCUT2D eigenvalue weighted by Gasteiger charge is 2.34. The molecular formula is C22H24N2O4. The van der Waals surface area contributed by atoms with Crippen LogP contribution in [0.1, 0.15) is 56.4 Å². The van der Waals surface area contributed by atoms with Crippen LogP contribution in [0, 0.1) is 0 Å². The van der Waals surface area contributed by atoms with Gasteiger partial charge in [-0.25, -0.2) is 0 Å². The third kappa shape index (κ3) is 3.97. The zero-order chi connectivity index (χ0) is 20.1. The summed E-state index contributed by atoms with van der Waals surface area (Å²) in [5.41, 5.74) is 2.15. The molecule has 1 heterocycles. The van der Waals surface area contributed by atoms with Crippen LogP contribution in [-0.4, -0.2) is 52.3 Å². The smallest absolute Gasteiger partial charge is 0.261 e. The first kappa shape index (κ1) is 19.8. The molecule has 1 N–H and O–H groups in total. The second-order valence-corrected chi connectivity index (χ2v) is 6.81. The maximum Gasteiger partial charge on any atom is 0.261 e. The molecule has 6 nitrogen and oxygen atoms in total. The minimum Gasteiger partial charge on any atom is -0.395 e. The van der Waals surface area contributed by atoms with Crippen LogP contribution in [-0.2, 0) is 6.54 Å². The summed E-state index contributed by atoms with van der Waals surface area (Å²) in [6, 6.07) is 13.7. The summed E-state index contributed by atoms with van der Waals surface area (Å²) in [6.45, 7) is 3.04. The maximum atomic E-state index is 12.6. The zero-order valence-electron chi connectivity index (χ0n) is 15.9. The molecule has 0 fully saturated rings. The minimum absolute atomic E-state index is 0.0761. The summed E-state index contributed by atoms with van der Waals surface area (Å²) >= 11 is 0. The number of fused-ring (bicyclic) bond motifs is 1. The molecule has 28 heavy (non-hydrogen) atoms. The third-order valence-electron chi connectivity index (χ3n) is 4.86. The Morgan fingerprint density at radius 2 is 1.57 bits per heavy atom. The van der Waals surface area contributed by atoms with E-state index >= 15 is 0 Å². The van der Waals surface area contributed by atoms with Gasteiger partial charge in [0.1, 0.15) is 0 Å². The van der Waals surface area contributed by atoms with E-state index in [-0.39, 0.29) is 30.9 Å². The Balaban J connectivity index is 1.70. The van der Waals surface area contributed by atoms with Gasteiger partial charge in [0.2, 0.25) is 0 Å². The number of carbonyl (C=O) groups excluding carboxylic acids is 3. The number of aliphatic hydroxyl groups excluding tert-OH is 1. The molecule has 3 rings (SSSR count). The van der Waals surface area contributed by atoms with E-state index in [1.807, 2.05) is 0 Å². The van der Waals surface area contributed by atoms with Gasteiger partial charge in [0, 0.05) is 18.7 Å². The summed E-state index contributed by atoms with van der Waals surface area (Å²) in [5, 5.41) is 9.20. The highest BCUT2D eigenvalue weighted by Crippen LogP contribution is 2.24. The van der Waals surface area contributed by atoms with E-state index < -0.39 is 0 Å². The van der Waals surface area contributed by atoms with Gasteiger partial charge < -0.3 is 10.0 Å². The van der Waals surface area contributed by atoms with Crippen molar-refractivity contribution in [2.45, 2.75) is 26.3 Å². The molecule has 146 valence electrons. The predicted molar refractivity (Wildman–Crippen MR) is 105 cm³/mol. The number of benzene rings is 2. The Labute approximate surface area is 164 Å². The first-order chi connectivity index (χ1) is 13.6. The fraction of sp³-hybridized carbons (Fsp3) is 0.318. The topological polar surface area (TPSA) is 77.9 Å². The number of amides is 3. The van der Waals surface area contributed by atoms with Crippen LogP contribution in [0.25, 0.3) is 0 Å². The average molecular weight is 380 g/mol. The number of imide groups is 1. The van der Waals surface area contributed by atoms with Gasteiger partial charge in [0.25, 0.3) is 17.7 Å². The van der Waals surface area contributed by atoms with Crippen LogP contribution < -0.4 is 0 Å². The largest absolute Gasteiger partial charge is 0.395 e. The van der Waals surface area contributed by atoms with Crippen molar-refractivity contribution in [1.82, 2.24) is 9.80 Å². The maximum absolute atomic E-state index is 12.6. The lowest BCUT2D eigenvalue weighted by Crippen LogP contribution is -2.34. The summed E-state index contributed by atoms with van der Waals surface area (Å²) in [4.78, 5) is 40.4. The number of hydrogen-bond donors (Lipinski definition) is 1. The molecule has 0 saturated heterocycles. The highest BCUT2D eigenvalue weighted by atomic mass is 16.3. The Kier molecular flexibility index (Phi) is 6.21. The molecule has 0 spiro atoms. The summed E-state index contributed by atoms with van der Waals surface area (Å²) in [5.74, 6) is -0.723. The summed E-state index contributed by atoms with van der Waals surface area (Å²) < 4.78 is 0. The van der Waals surface area contributed by atoms with Crippen molar-refractivity contribution < 1.29 is 19.5 Å². The second kappa shape index (κ2) is 8.80. The SMILES string of the molecule is CCCCN(CCO)C(=O)c1ccc(CN2C(=O)c3ccccc3C2=O)cc1. The van der Waals surface area contributed by atoms with E-state index in [0.29, 0.717) is 29.8 Å². The minimum atomic E-state index is -0.297. The van der Waals surface area contributed by atoms with Gasteiger partial charge in [0.15, 0.2) is 0 Å². The molecule has 0 aromatic heterocycles. The number of rotatable bonds is 8. The Morgan fingerprint density at radius 3 is 2.11 bits per heavy atom. The third-order valence-corrected chi connectivity index (χ3v) is 4.86. The van der Waals surface area contributed by atoms with Gasteiger partial charge in [-0.15, -0.1) is 0 Å². The highest BCUT2D eigenvalue weighted by molar-refractivity contribution is 6.21. The normalized spacial score (nSPS) is 13.0. The first-order valence-corrected chi connectivity index (χ1v) is 9.51. The molecule has 2 aromatic rings. The fourth-order valence-corrected chi connectivity index (χ4v) is 3.29. The fourth-order valence-electron chi connectivity index (χ4n) is 3.29. The van der Waals surface area contributed by atoms with Crippen molar-refractivity contribution in [3.63, 3.8) is 0 Å². The van der Waals surface area contributed by atoms with Gasteiger partial charge in [-0.1, -0.05) is 37.6 Å². The van der Waals surface area contributed by atoms with Crippen LogP contribution in [0.4, 0.5) is 0 Å². The number of carbonyl (C=O) groups is 3. The lowest BCUT2D eigenvalue weighted by Gasteiger charge is -2.22. The average Bonchev–Trinajstić information content (AvgIpc) is 2.96. The molecule has 0 saturated carbocycles. The van der Waals surface area contributed by atoms with E-state index in [4.69, 9.17) is 0 Å². The Bertz CT molecular complexity index is 841. The van der Waals surface area contributed by atoms with E-state index in [1.165, 1.54) is 4.90 Å². The zero-order valence-corrected chi connectivity index (χ0v) is 15.9. The number of hydrogen-bond acceptors (Lipinski definition) is 4. The van der Waals surface area contributed by atoms with Crippen LogP contribution in [0.2, 0.25) is 0 Å². The van der Waals surface area contributed by atoms with Crippen molar-refractivity contribution in [3.8, 4) is 0 Å². The monoisotopic (exact) mass is 380 g/mol. The van der Waals surface area contributed by atoms with Crippen molar-refractivity contribution in [1.29, 1.82) is 0 Å². The van der Waals surface area contributed by atoms with Gasteiger partial charge in [-0.05, 0) is 36.2 Å². The quantitative estimate of drug-likeness (QED) is 0.715.